The van der Waals surface area contributed by atoms with Crippen molar-refractivity contribution in [3.05, 3.63) is 77.7 Å². The van der Waals surface area contributed by atoms with Gasteiger partial charge in [0.05, 0.1) is 32.2 Å². The van der Waals surface area contributed by atoms with Crippen LogP contribution in [0.5, 0.6) is 17.2 Å². The molecule has 0 saturated heterocycles. The van der Waals surface area contributed by atoms with E-state index in [4.69, 9.17) is 13.9 Å². The van der Waals surface area contributed by atoms with E-state index in [9.17, 15) is 9.90 Å². The van der Waals surface area contributed by atoms with Crippen LogP contribution >= 0.6 is 0 Å². The monoisotopic (exact) mass is 392 g/mol. The van der Waals surface area contributed by atoms with Crippen molar-refractivity contribution in [3.63, 3.8) is 0 Å². The molecule has 2 aromatic carbocycles. The number of ether oxygens (including phenoxy) is 2. The van der Waals surface area contributed by atoms with Crippen LogP contribution in [0.4, 0.5) is 0 Å². The van der Waals surface area contributed by atoms with E-state index in [0.717, 1.165) is 5.56 Å². The summed E-state index contributed by atoms with van der Waals surface area (Å²) in [6.07, 6.45) is 1.84. The molecule has 0 aliphatic carbocycles. The van der Waals surface area contributed by atoms with Crippen LogP contribution in [0.15, 0.2) is 70.4 Å². The third-order valence-corrected chi connectivity index (χ3v) is 4.86. The van der Waals surface area contributed by atoms with Crippen molar-refractivity contribution in [2.75, 3.05) is 14.2 Å². The second kappa shape index (κ2) is 7.71. The van der Waals surface area contributed by atoms with Gasteiger partial charge in [0.2, 0.25) is 0 Å². The number of rotatable bonds is 5. The highest BCUT2D eigenvalue weighted by Crippen LogP contribution is 2.40. The number of phenolic OH excluding ortho intramolecular Hbond substituents is 1. The zero-order chi connectivity index (χ0) is 20.4. The first kappa shape index (κ1) is 18.6. The molecule has 3 aromatic rings. The van der Waals surface area contributed by atoms with Crippen molar-refractivity contribution in [3.8, 4) is 17.2 Å². The Morgan fingerprint density at radius 2 is 1.97 bits per heavy atom. The van der Waals surface area contributed by atoms with Gasteiger partial charge in [-0.3, -0.25) is 4.79 Å². The molecule has 1 amide bonds. The van der Waals surface area contributed by atoms with Gasteiger partial charge in [-0.25, -0.2) is 5.01 Å². The quantitative estimate of drug-likeness (QED) is 0.710. The molecule has 1 N–H and O–H groups in total. The van der Waals surface area contributed by atoms with Gasteiger partial charge in [-0.1, -0.05) is 12.1 Å². The molecule has 0 bridgehead atoms. The molecular formula is C22H20N2O5. The van der Waals surface area contributed by atoms with Gasteiger partial charge in [-0.15, -0.1) is 0 Å². The second-order valence-corrected chi connectivity index (χ2v) is 6.52. The van der Waals surface area contributed by atoms with Crippen LogP contribution in [-0.4, -0.2) is 36.0 Å². The number of phenols is 1. The molecule has 0 fully saturated rings. The van der Waals surface area contributed by atoms with Crippen molar-refractivity contribution in [2.24, 2.45) is 5.10 Å². The number of benzene rings is 2. The number of carbonyl (C=O) groups excluding carboxylic acids is 1. The number of hydrazone groups is 1. The van der Waals surface area contributed by atoms with Crippen molar-refractivity contribution in [2.45, 2.75) is 12.5 Å². The molecule has 0 spiro atoms. The smallest absolute Gasteiger partial charge is 0.310 e. The first-order valence-electron chi connectivity index (χ1n) is 9.07. The first-order chi connectivity index (χ1) is 14.1. The van der Waals surface area contributed by atoms with E-state index >= 15 is 0 Å². The normalized spacial score (nSPS) is 15.9. The van der Waals surface area contributed by atoms with Gasteiger partial charge in [-0.2, -0.15) is 5.10 Å². The maximum absolute atomic E-state index is 13.1. The third kappa shape index (κ3) is 3.42. The minimum atomic E-state index is -0.452. The number of aromatic hydroxyl groups is 1. The van der Waals surface area contributed by atoms with Gasteiger partial charge in [-0.05, 0) is 42.5 Å². The maximum Gasteiger partial charge on any atom is 0.310 e. The highest BCUT2D eigenvalue weighted by Gasteiger charge is 2.37. The lowest BCUT2D eigenvalue weighted by Crippen LogP contribution is -2.27. The molecule has 29 heavy (non-hydrogen) atoms. The number of para-hydroxylation sites is 1. The number of methoxy groups -OCH3 is 2. The van der Waals surface area contributed by atoms with E-state index in [1.54, 1.807) is 56.7 Å². The topological polar surface area (TPSA) is 84.5 Å². The summed E-state index contributed by atoms with van der Waals surface area (Å²) in [6, 6.07) is 15.1. The standard InChI is InChI=1S/C22H20N2O5/c1-27-14-9-10-20(28-2)16(12-14)18-13-17(15-6-3-4-7-19(15)25)23-24(18)22(26)21-8-5-11-29-21/h3-12,18,25H,13H2,1-2H3/t18-/m1/s1. The van der Waals surface area contributed by atoms with E-state index in [0.29, 0.717) is 29.2 Å². The van der Waals surface area contributed by atoms with Crippen LogP contribution in [0, 0.1) is 0 Å². The van der Waals surface area contributed by atoms with Crippen LogP contribution in [0.25, 0.3) is 0 Å². The summed E-state index contributed by atoms with van der Waals surface area (Å²) in [4.78, 5) is 13.1. The van der Waals surface area contributed by atoms with Gasteiger partial charge in [0.1, 0.15) is 17.2 Å². The molecule has 2 heterocycles. The molecular weight excluding hydrogens is 372 g/mol. The Morgan fingerprint density at radius 1 is 1.14 bits per heavy atom. The highest BCUT2D eigenvalue weighted by atomic mass is 16.5. The van der Waals surface area contributed by atoms with Gasteiger partial charge in [0, 0.05) is 17.5 Å². The fourth-order valence-corrected chi connectivity index (χ4v) is 3.43. The molecule has 0 unspecified atom stereocenters. The Labute approximate surface area is 167 Å². The van der Waals surface area contributed by atoms with Crippen molar-refractivity contribution in [1.82, 2.24) is 5.01 Å². The molecule has 7 nitrogen and oxygen atoms in total. The van der Waals surface area contributed by atoms with Gasteiger partial charge < -0.3 is 19.0 Å². The average molecular weight is 392 g/mol. The predicted molar refractivity (Wildman–Crippen MR) is 106 cm³/mol. The summed E-state index contributed by atoms with van der Waals surface area (Å²) in [6.45, 7) is 0. The summed E-state index contributed by atoms with van der Waals surface area (Å²) in [5, 5.41) is 16.2. The van der Waals surface area contributed by atoms with Gasteiger partial charge >= 0.3 is 5.91 Å². The molecule has 1 atom stereocenters. The molecule has 1 aliphatic rings. The maximum atomic E-state index is 13.1. The minimum absolute atomic E-state index is 0.106. The minimum Gasteiger partial charge on any atom is -0.507 e. The second-order valence-electron chi connectivity index (χ2n) is 6.52. The first-order valence-corrected chi connectivity index (χ1v) is 9.07. The highest BCUT2D eigenvalue weighted by molar-refractivity contribution is 6.06. The van der Waals surface area contributed by atoms with E-state index in [-0.39, 0.29) is 17.4 Å². The van der Waals surface area contributed by atoms with E-state index in [1.807, 2.05) is 12.1 Å². The van der Waals surface area contributed by atoms with Crippen LogP contribution in [0.3, 0.4) is 0 Å². The molecule has 1 aliphatic heterocycles. The fourth-order valence-electron chi connectivity index (χ4n) is 3.43. The summed E-state index contributed by atoms with van der Waals surface area (Å²) in [7, 11) is 3.15. The predicted octanol–water partition coefficient (Wildman–Crippen LogP) is 3.99. The Morgan fingerprint density at radius 3 is 2.66 bits per heavy atom. The van der Waals surface area contributed by atoms with Gasteiger partial charge in [0.15, 0.2) is 5.76 Å². The van der Waals surface area contributed by atoms with E-state index < -0.39 is 6.04 Å². The molecule has 4 rings (SSSR count). The Bertz CT molecular complexity index is 1060. The Balaban J connectivity index is 1.80. The van der Waals surface area contributed by atoms with E-state index in [1.165, 1.54) is 11.3 Å². The largest absolute Gasteiger partial charge is 0.507 e. The number of nitrogens with zero attached hydrogens (tertiary/aromatic N) is 2. The number of hydrogen-bond donors (Lipinski definition) is 1. The average Bonchev–Trinajstić information content (AvgIpc) is 3.43. The lowest BCUT2D eigenvalue weighted by molar-refractivity contribution is 0.0676. The van der Waals surface area contributed by atoms with E-state index in [2.05, 4.69) is 5.10 Å². The van der Waals surface area contributed by atoms with Crippen LogP contribution < -0.4 is 9.47 Å². The number of hydrogen-bond acceptors (Lipinski definition) is 6. The molecule has 0 radical (unpaired) electrons. The molecule has 0 saturated carbocycles. The zero-order valence-electron chi connectivity index (χ0n) is 16.0. The number of furan rings is 1. The lowest BCUT2D eigenvalue weighted by atomic mass is 9.97. The lowest BCUT2D eigenvalue weighted by Gasteiger charge is -2.23. The van der Waals surface area contributed by atoms with Gasteiger partial charge in [0.25, 0.3) is 0 Å². The SMILES string of the molecule is COc1ccc(OC)c([C@H]2CC(c3ccccc3O)=NN2C(=O)c2ccco2)c1. The number of amides is 1. The molecule has 1 aromatic heterocycles. The summed E-state index contributed by atoms with van der Waals surface area (Å²) < 4.78 is 16.2. The zero-order valence-corrected chi connectivity index (χ0v) is 16.0. The van der Waals surface area contributed by atoms with Crippen molar-refractivity contribution < 1.29 is 23.8 Å². The van der Waals surface area contributed by atoms with Crippen LogP contribution in [0.1, 0.15) is 34.1 Å². The van der Waals surface area contributed by atoms with Crippen molar-refractivity contribution in [1.29, 1.82) is 0 Å². The van der Waals surface area contributed by atoms with Crippen molar-refractivity contribution >= 4 is 11.6 Å². The summed E-state index contributed by atoms with van der Waals surface area (Å²) in [5.41, 5.74) is 1.92. The summed E-state index contributed by atoms with van der Waals surface area (Å²) in [5.74, 6) is 1.16. The Kier molecular flexibility index (Phi) is 4.95. The van der Waals surface area contributed by atoms with Crippen LogP contribution in [-0.2, 0) is 0 Å². The third-order valence-electron chi connectivity index (χ3n) is 4.86. The molecule has 148 valence electrons. The fraction of sp³-hybridized carbons (Fsp3) is 0.182. The Hall–Kier alpha value is -3.74. The summed E-state index contributed by atoms with van der Waals surface area (Å²) >= 11 is 0. The number of carbonyl (C=O) groups is 1. The molecule has 7 heteroatoms. The van der Waals surface area contributed by atoms with Crippen LogP contribution in [0.2, 0.25) is 0 Å².